The highest BCUT2D eigenvalue weighted by Gasteiger charge is 2.16. The molecule has 0 aliphatic carbocycles. The van der Waals surface area contributed by atoms with E-state index in [0.717, 1.165) is 56.1 Å². The predicted molar refractivity (Wildman–Crippen MR) is 72.6 cm³/mol. The van der Waals surface area contributed by atoms with Crippen LogP contribution in [0, 0.1) is 6.92 Å². The minimum atomic E-state index is 0.334. The Morgan fingerprint density at radius 1 is 1.44 bits per heavy atom. The zero-order valence-electron chi connectivity index (χ0n) is 11.2. The topological polar surface area (TPSA) is 73.1 Å². The first-order valence-electron chi connectivity index (χ1n) is 6.68. The summed E-state index contributed by atoms with van der Waals surface area (Å²) in [6, 6.07) is 0.334. The van der Waals surface area contributed by atoms with Gasteiger partial charge in [-0.1, -0.05) is 6.92 Å². The zero-order chi connectivity index (χ0) is 13.0. The summed E-state index contributed by atoms with van der Waals surface area (Å²) in [6.45, 7) is 5.68. The number of nitrogens with two attached hydrogens (primary N) is 1. The Morgan fingerprint density at radius 3 is 2.94 bits per heavy atom. The molecule has 1 aliphatic heterocycles. The summed E-state index contributed by atoms with van der Waals surface area (Å²) in [7, 11) is 0. The molecule has 0 radical (unpaired) electrons. The summed E-state index contributed by atoms with van der Waals surface area (Å²) in [5.74, 6) is 2.26. The van der Waals surface area contributed by atoms with Gasteiger partial charge in [-0.2, -0.15) is 0 Å². The quantitative estimate of drug-likeness (QED) is 0.854. The van der Waals surface area contributed by atoms with Crippen molar-refractivity contribution in [2.24, 2.45) is 0 Å². The van der Waals surface area contributed by atoms with Gasteiger partial charge in [-0.15, -0.1) is 0 Å². The van der Waals surface area contributed by atoms with E-state index in [1.54, 1.807) is 0 Å². The highest BCUT2D eigenvalue weighted by molar-refractivity contribution is 5.55. The van der Waals surface area contributed by atoms with E-state index in [0.29, 0.717) is 11.9 Å². The number of nitrogens with one attached hydrogen (secondary N) is 1. The Bertz CT molecular complexity index is 402. The van der Waals surface area contributed by atoms with Gasteiger partial charge in [0.25, 0.3) is 0 Å². The van der Waals surface area contributed by atoms with Gasteiger partial charge in [-0.3, -0.25) is 0 Å². The lowest BCUT2D eigenvalue weighted by molar-refractivity contribution is 0.0875. The van der Waals surface area contributed by atoms with Crippen LogP contribution in [0.1, 0.15) is 37.6 Å². The molecule has 1 aromatic rings. The molecule has 0 amide bonds. The van der Waals surface area contributed by atoms with E-state index < -0.39 is 0 Å². The van der Waals surface area contributed by atoms with Gasteiger partial charge in [0.1, 0.15) is 17.5 Å². The molecule has 2 heterocycles. The van der Waals surface area contributed by atoms with Crippen molar-refractivity contribution in [2.45, 2.75) is 45.6 Å². The Labute approximate surface area is 108 Å². The highest BCUT2D eigenvalue weighted by Crippen LogP contribution is 2.20. The number of hydrogen-bond donors (Lipinski definition) is 2. The van der Waals surface area contributed by atoms with Crippen molar-refractivity contribution in [3.63, 3.8) is 0 Å². The molecule has 0 bridgehead atoms. The van der Waals surface area contributed by atoms with Crippen LogP contribution in [0.5, 0.6) is 0 Å². The molecule has 1 fully saturated rings. The Hall–Kier alpha value is -1.36. The van der Waals surface area contributed by atoms with Gasteiger partial charge in [0.05, 0.1) is 12.6 Å². The number of hydrogen-bond acceptors (Lipinski definition) is 5. The molecule has 0 spiro atoms. The first kappa shape index (κ1) is 13.1. The van der Waals surface area contributed by atoms with Crippen molar-refractivity contribution in [1.29, 1.82) is 0 Å². The van der Waals surface area contributed by atoms with Crippen molar-refractivity contribution < 1.29 is 4.74 Å². The van der Waals surface area contributed by atoms with E-state index in [1.807, 2.05) is 6.92 Å². The van der Waals surface area contributed by atoms with E-state index in [1.165, 1.54) is 0 Å². The maximum Gasteiger partial charge on any atom is 0.135 e. The second-order valence-corrected chi connectivity index (χ2v) is 4.81. The van der Waals surface area contributed by atoms with E-state index in [4.69, 9.17) is 10.5 Å². The van der Waals surface area contributed by atoms with Crippen molar-refractivity contribution in [1.82, 2.24) is 9.97 Å². The molecular weight excluding hydrogens is 228 g/mol. The molecule has 3 N–H and O–H groups in total. The molecule has 1 saturated heterocycles. The van der Waals surface area contributed by atoms with Gasteiger partial charge < -0.3 is 15.8 Å². The first-order valence-corrected chi connectivity index (χ1v) is 6.68. The van der Waals surface area contributed by atoms with Crippen molar-refractivity contribution in [3.05, 3.63) is 11.4 Å². The number of aryl methyl sites for hydroxylation is 1. The number of anilines is 2. The normalized spacial score (nSPS) is 19.8. The van der Waals surface area contributed by atoms with Crippen LogP contribution in [0.2, 0.25) is 0 Å². The molecule has 0 aromatic carbocycles. The van der Waals surface area contributed by atoms with E-state index in [2.05, 4.69) is 22.2 Å². The minimum absolute atomic E-state index is 0.334. The summed E-state index contributed by atoms with van der Waals surface area (Å²) in [4.78, 5) is 8.87. The predicted octanol–water partition coefficient (Wildman–Crippen LogP) is 1.91. The minimum Gasteiger partial charge on any atom is -0.383 e. The molecule has 100 valence electrons. The van der Waals surface area contributed by atoms with Crippen molar-refractivity contribution >= 4 is 11.6 Å². The van der Waals surface area contributed by atoms with Gasteiger partial charge in [-0.25, -0.2) is 9.97 Å². The Balaban J connectivity index is 2.14. The van der Waals surface area contributed by atoms with Crippen LogP contribution < -0.4 is 11.1 Å². The maximum absolute atomic E-state index is 5.93. The summed E-state index contributed by atoms with van der Waals surface area (Å²) in [5, 5.41) is 3.43. The second-order valence-electron chi connectivity index (χ2n) is 4.81. The largest absolute Gasteiger partial charge is 0.383 e. The Morgan fingerprint density at radius 2 is 2.28 bits per heavy atom. The number of ether oxygens (including phenoxy) is 1. The second kappa shape index (κ2) is 6.00. The molecule has 2 rings (SSSR count). The van der Waals surface area contributed by atoms with Crippen LogP contribution in [-0.2, 0) is 11.2 Å². The van der Waals surface area contributed by atoms with Crippen LogP contribution in [0.25, 0.3) is 0 Å². The lowest BCUT2D eigenvalue weighted by Crippen LogP contribution is -2.31. The summed E-state index contributed by atoms with van der Waals surface area (Å²) >= 11 is 0. The van der Waals surface area contributed by atoms with Crippen molar-refractivity contribution in [2.75, 3.05) is 24.3 Å². The number of aromatic nitrogens is 2. The molecule has 1 unspecified atom stereocenters. The molecular formula is C13H22N4O. The molecule has 5 nitrogen and oxygen atoms in total. The molecule has 5 heteroatoms. The Kier molecular flexibility index (Phi) is 4.36. The van der Waals surface area contributed by atoms with Crippen molar-refractivity contribution in [3.8, 4) is 0 Å². The zero-order valence-corrected chi connectivity index (χ0v) is 11.2. The lowest BCUT2D eigenvalue weighted by Gasteiger charge is -2.24. The fraction of sp³-hybridized carbons (Fsp3) is 0.692. The monoisotopic (exact) mass is 250 g/mol. The van der Waals surface area contributed by atoms with Gasteiger partial charge in [0.2, 0.25) is 0 Å². The molecule has 1 aliphatic rings. The highest BCUT2D eigenvalue weighted by atomic mass is 16.5. The number of nitrogens with zero attached hydrogens (tertiary/aromatic N) is 2. The van der Waals surface area contributed by atoms with Gasteiger partial charge >= 0.3 is 0 Å². The van der Waals surface area contributed by atoms with Gasteiger partial charge in [-0.05, 0) is 26.2 Å². The van der Waals surface area contributed by atoms with E-state index >= 15 is 0 Å². The summed E-state index contributed by atoms with van der Waals surface area (Å²) in [5.41, 5.74) is 6.87. The van der Waals surface area contributed by atoms with Crippen LogP contribution in [0.3, 0.4) is 0 Å². The van der Waals surface area contributed by atoms with E-state index in [9.17, 15) is 0 Å². The number of rotatable bonds is 4. The smallest absolute Gasteiger partial charge is 0.135 e. The van der Waals surface area contributed by atoms with Crippen LogP contribution >= 0.6 is 0 Å². The molecule has 18 heavy (non-hydrogen) atoms. The lowest BCUT2D eigenvalue weighted by atomic mass is 10.1. The third kappa shape index (κ3) is 3.10. The SMILES string of the molecule is CCCc1nc(N)c(C)c(NC2CCCOC2)n1. The molecule has 1 aromatic heterocycles. The van der Waals surface area contributed by atoms with E-state index in [-0.39, 0.29) is 0 Å². The first-order chi connectivity index (χ1) is 8.70. The van der Waals surface area contributed by atoms with Crippen LogP contribution in [-0.4, -0.2) is 29.2 Å². The fourth-order valence-electron chi connectivity index (χ4n) is 2.11. The number of nitrogen functional groups attached to an aromatic ring is 1. The van der Waals surface area contributed by atoms with Crippen LogP contribution in [0.4, 0.5) is 11.6 Å². The average molecular weight is 250 g/mol. The molecule has 0 saturated carbocycles. The molecule has 1 atom stereocenters. The summed E-state index contributed by atoms with van der Waals surface area (Å²) < 4.78 is 5.46. The fourth-order valence-corrected chi connectivity index (χ4v) is 2.11. The summed E-state index contributed by atoms with van der Waals surface area (Å²) in [6.07, 6.45) is 4.10. The maximum atomic E-state index is 5.93. The van der Waals surface area contributed by atoms with Gasteiger partial charge in [0.15, 0.2) is 0 Å². The van der Waals surface area contributed by atoms with Gasteiger partial charge in [0, 0.05) is 18.6 Å². The standard InChI is InChI=1S/C13H22N4O/c1-3-5-11-16-12(14)9(2)13(17-11)15-10-6-4-7-18-8-10/h10H,3-8H2,1-2H3,(H3,14,15,16,17). The average Bonchev–Trinajstić information content (AvgIpc) is 2.37. The third-order valence-corrected chi connectivity index (χ3v) is 3.20. The third-order valence-electron chi connectivity index (χ3n) is 3.20. The van der Waals surface area contributed by atoms with Crippen LogP contribution in [0.15, 0.2) is 0 Å².